The normalized spacial score (nSPS) is 14.2. The lowest BCUT2D eigenvalue weighted by atomic mass is 9.85. The lowest BCUT2D eigenvalue weighted by molar-refractivity contribution is 0.455. The van der Waals surface area contributed by atoms with Crippen molar-refractivity contribution in [2.45, 2.75) is 25.8 Å². The molecule has 0 spiro atoms. The Kier molecular flexibility index (Phi) is 3.67. The van der Waals surface area contributed by atoms with Crippen LogP contribution in [0.1, 0.15) is 23.6 Å². The fourth-order valence-corrected chi connectivity index (χ4v) is 2.17. The number of benzene rings is 2. The van der Waals surface area contributed by atoms with Crippen LogP contribution >= 0.6 is 0 Å². The number of aryl methyl sites for hydroxylation is 1. The fraction of sp³-hybridized carbons (Fsp3) is 0.250. The average molecular weight is 261 g/mol. The van der Waals surface area contributed by atoms with Crippen LogP contribution in [0.5, 0.6) is 0 Å². The van der Waals surface area contributed by atoms with E-state index in [1.165, 1.54) is 18.2 Å². The Bertz CT molecular complexity index is 571. The standard InChI is InChI=1S/C16H17F2N/c1-11-5-3-6-12(9-11)16(2,19)10-13-14(17)7-4-8-15(13)18/h3-9H,10,19H2,1-2H3. The van der Waals surface area contributed by atoms with E-state index in [2.05, 4.69) is 0 Å². The second-order valence-electron chi connectivity index (χ2n) is 5.16. The van der Waals surface area contributed by atoms with Crippen LogP contribution < -0.4 is 5.73 Å². The summed E-state index contributed by atoms with van der Waals surface area (Å²) in [5.74, 6) is -1.10. The predicted molar refractivity (Wildman–Crippen MR) is 72.8 cm³/mol. The van der Waals surface area contributed by atoms with Crippen molar-refractivity contribution in [1.82, 2.24) is 0 Å². The zero-order valence-electron chi connectivity index (χ0n) is 11.1. The highest BCUT2D eigenvalue weighted by molar-refractivity contribution is 5.31. The summed E-state index contributed by atoms with van der Waals surface area (Å²) in [5, 5.41) is 0. The molecule has 2 aromatic rings. The van der Waals surface area contributed by atoms with E-state index in [1.54, 1.807) is 6.92 Å². The molecule has 1 unspecified atom stereocenters. The van der Waals surface area contributed by atoms with Gasteiger partial charge in [-0.1, -0.05) is 35.9 Å². The second-order valence-corrected chi connectivity index (χ2v) is 5.16. The van der Waals surface area contributed by atoms with Crippen LogP contribution in [-0.2, 0) is 12.0 Å². The molecule has 0 aliphatic rings. The zero-order valence-corrected chi connectivity index (χ0v) is 11.1. The quantitative estimate of drug-likeness (QED) is 0.896. The third-order valence-electron chi connectivity index (χ3n) is 3.28. The minimum Gasteiger partial charge on any atom is -0.321 e. The van der Waals surface area contributed by atoms with Gasteiger partial charge in [-0.2, -0.15) is 0 Å². The van der Waals surface area contributed by atoms with Crippen LogP contribution in [0.25, 0.3) is 0 Å². The van der Waals surface area contributed by atoms with Crippen molar-refractivity contribution in [2.24, 2.45) is 5.73 Å². The van der Waals surface area contributed by atoms with E-state index in [9.17, 15) is 8.78 Å². The van der Waals surface area contributed by atoms with Gasteiger partial charge >= 0.3 is 0 Å². The number of halogens is 2. The monoisotopic (exact) mass is 261 g/mol. The van der Waals surface area contributed by atoms with E-state index in [0.717, 1.165) is 11.1 Å². The Balaban J connectivity index is 2.36. The molecule has 2 aromatic carbocycles. The summed E-state index contributed by atoms with van der Waals surface area (Å²) in [6.45, 7) is 3.75. The number of hydrogen-bond donors (Lipinski definition) is 1. The second kappa shape index (κ2) is 5.10. The van der Waals surface area contributed by atoms with Crippen LogP contribution in [0.15, 0.2) is 42.5 Å². The van der Waals surface area contributed by atoms with Crippen LogP contribution in [-0.4, -0.2) is 0 Å². The van der Waals surface area contributed by atoms with Gasteiger partial charge in [-0.05, 0) is 31.5 Å². The minimum atomic E-state index is -0.810. The van der Waals surface area contributed by atoms with Crippen molar-refractivity contribution in [3.8, 4) is 0 Å². The molecule has 100 valence electrons. The lowest BCUT2D eigenvalue weighted by Crippen LogP contribution is -2.36. The molecule has 0 aliphatic carbocycles. The molecule has 2 N–H and O–H groups in total. The smallest absolute Gasteiger partial charge is 0.129 e. The first-order chi connectivity index (χ1) is 8.90. The molecule has 3 heteroatoms. The van der Waals surface area contributed by atoms with Gasteiger partial charge in [0.05, 0.1) is 0 Å². The highest BCUT2D eigenvalue weighted by Gasteiger charge is 2.25. The molecule has 0 saturated heterocycles. The van der Waals surface area contributed by atoms with Gasteiger partial charge < -0.3 is 5.73 Å². The van der Waals surface area contributed by atoms with Crippen LogP contribution in [0.4, 0.5) is 8.78 Å². The highest BCUT2D eigenvalue weighted by Crippen LogP contribution is 2.26. The zero-order chi connectivity index (χ0) is 14.0. The molecule has 0 amide bonds. The number of nitrogens with two attached hydrogens (primary N) is 1. The molecule has 0 bridgehead atoms. The maximum atomic E-state index is 13.7. The van der Waals surface area contributed by atoms with Crippen molar-refractivity contribution < 1.29 is 8.78 Å². The van der Waals surface area contributed by atoms with Gasteiger partial charge in [0.1, 0.15) is 11.6 Å². The molecule has 1 atom stereocenters. The molecule has 1 nitrogen and oxygen atoms in total. The summed E-state index contributed by atoms with van der Waals surface area (Å²) in [6, 6.07) is 11.5. The Morgan fingerprint density at radius 3 is 2.21 bits per heavy atom. The molecule has 0 aromatic heterocycles. The van der Waals surface area contributed by atoms with Crippen LogP contribution in [0.2, 0.25) is 0 Å². The Morgan fingerprint density at radius 1 is 1.05 bits per heavy atom. The minimum absolute atomic E-state index is 0.0361. The van der Waals surface area contributed by atoms with E-state index in [4.69, 9.17) is 5.73 Å². The summed E-state index contributed by atoms with van der Waals surface area (Å²) in [4.78, 5) is 0. The van der Waals surface area contributed by atoms with E-state index in [1.807, 2.05) is 31.2 Å². The van der Waals surface area contributed by atoms with E-state index in [-0.39, 0.29) is 12.0 Å². The Labute approximate surface area is 112 Å². The first-order valence-corrected chi connectivity index (χ1v) is 6.19. The van der Waals surface area contributed by atoms with Gasteiger partial charge in [0, 0.05) is 17.5 Å². The SMILES string of the molecule is Cc1cccc(C(C)(N)Cc2c(F)cccc2F)c1. The summed E-state index contributed by atoms with van der Waals surface area (Å²) >= 11 is 0. The molecular weight excluding hydrogens is 244 g/mol. The van der Waals surface area contributed by atoms with Gasteiger partial charge in [-0.25, -0.2) is 8.78 Å². The van der Waals surface area contributed by atoms with E-state index >= 15 is 0 Å². The average Bonchev–Trinajstić information content (AvgIpc) is 2.34. The molecule has 0 saturated carbocycles. The predicted octanol–water partition coefficient (Wildman–Crippen LogP) is 3.69. The summed E-state index contributed by atoms with van der Waals surface area (Å²) in [6.07, 6.45) is 0.120. The largest absolute Gasteiger partial charge is 0.321 e. The molecule has 0 fully saturated rings. The summed E-state index contributed by atoms with van der Waals surface area (Å²) < 4.78 is 27.4. The molecule has 2 rings (SSSR count). The maximum Gasteiger partial charge on any atom is 0.129 e. The third-order valence-corrected chi connectivity index (χ3v) is 3.28. The highest BCUT2D eigenvalue weighted by atomic mass is 19.1. The first-order valence-electron chi connectivity index (χ1n) is 6.19. The van der Waals surface area contributed by atoms with Gasteiger partial charge in [0.2, 0.25) is 0 Å². The van der Waals surface area contributed by atoms with E-state index in [0.29, 0.717) is 0 Å². The Hall–Kier alpha value is -1.74. The van der Waals surface area contributed by atoms with Crippen LogP contribution in [0.3, 0.4) is 0 Å². The Morgan fingerprint density at radius 2 is 1.63 bits per heavy atom. The van der Waals surface area contributed by atoms with Crippen molar-refractivity contribution in [2.75, 3.05) is 0 Å². The third kappa shape index (κ3) is 2.99. The van der Waals surface area contributed by atoms with Crippen molar-refractivity contribution in [1.29, 1.82) is 0 Å². The van der Waals surface area contributed by atoms with E-state index < -0.39 is 17.2 Å². The molecule has 19 heavy (non-hydrogen) atoms. The van der Waals surface area contributed by atoms with Crippen molar-refractivity contribution in [3.05, 3.63) is 70.8 Å². The van der Waals surface area contributed by atoms with Gasteiger partial charge in [-0.15, -0.1) is 0 Å². The summed E-state index contributed by atoms with van der Waals surface area (Å²) in [5.41, 5.74) is 7.41. The maximum absolute atomic E-state index is 13.7. The van der Waals surface area contributed by atoms with Gasteiger partial charge in [-0.3, -0.25) is 0 Å². The fourth-order valence-electron chi connectivity index (χ4n) is 2.17. The molecule has 0 aliphatic heterocycles. The molecule has 0 heterocycles. The van der Waals surface area contributed by atoms with Crippen molar-refractivity contribution >= 4 is 0 Å². The number of rotatable bonds is 3. The lowest BCUT2D eigenvalue weighted by Gasteiger charge is -2.26. The van der Waals surface area contributed by atoms with Crippen LogP contribution in [0, 0.1) is 18.6 Å². The first kappa shape index (κ1) is 13.7. The molecular formula is C16H17F2N. The summed E-state index contributed by atoms with van der Waals surface area (Å²) in [7, 11) is 0. The van der Waals surface area contributed by atoms with Gasteiger partial charge in [0.25, 0.3) is 0 Å². The topological polar surface area (TPSA) is 26.0 Å². The molecule has 0 radical (unpaired) electrons. The number of hydrogen-bond acceptors (Lipinski definition) is 1. The van der Waals surface area contributed by atoms with Crippen molar-refractivity contribution in [3.63, 3.8) is 0 Å². The van der Waals surface area contributed by atoms with Gasteiger partial charge in [0.15, 0.2) is 0 Å².